The van der Waals surface area contributed by atoms with Crippen LogP contribution in [0.25, 0.3) is 0 Å². The molecule has 0 radical (unpaired) electrons. The van der Waals surface area contributed by atoms with E-state index >= 15 is 0 Å². The maximum absolute atomic E-state index is 10.3. The van der Waals surface area contributed by atoms with Crippen molar-refractivity contribution in [2.75, 3.05) is 13.2 Å². The maximum atomic E-state index is 10.3. The minimum absolute atomic E-state index is 0.332. The molecular formula is C20H38O3. The molecule has 0 aromatic heterocycles. The molecule has 136 valence electrons. The second-order valence-corrected chi connectivity index (χ2v) is 6.34. The van der Waals surface area contributed by atoms with Crippen LogP contribution in [0.2, 0.25) is 0 Å². The zero-order valence-electron chi connectivity index (χ0n) is 15.2. The van der Waals surface area contributed by atoms with Crippen LogP contribution >= 0.6 is 0 Å². The van der Waals surface area contributed by atoms with Gasteiger partial charge in [-0.15, -0.1) is 0 Å². The molecule has 3 nitrogen and oxygen atoms in total. The molecule has 1 saturated heterocycles. The molecule has 0 saturated carbocycles. The van der Waals surface area contributed by atoms with Gasteiger partial charge in [-0.1, -0.05) is 70.4 Å². The Kier molecular flexibility index (Phi) is 18.5. The monoisotopic (exact) mass is 326 g/mol. The van der Waals surface area contributed by atoms with Crippen LogP contribution in [0.15, 0.2) is 12.2 Å². The van der Waals surface area contributed by atoms with E-state index in [0.29, 0.717) is 6.42 Å². The van der Waals surface area contributed by atoms with Gasteiger partial charge < -0.3 is 9.84 Å². The van der Waals surface area contributed by atoms with E-state index in [2.05, 4.69) is 23.8 Å². The fourth-order valence-electron chi connectivity index (χ4n) is 2.35. The summed E-state index contributed by atoms with van der Waals surface area (Å²) in [5.41, 5.74) is 0. The number of aliphatic carboxylic acids is 1. The summed E-state index contributed by atoms with van der Waals surface area (Å²) in [4.78, 5) is 10.3. The predicted molar refractivity (Wildman–Crippen MR) is 97.9 cm³/mol. The lowest BCUT2D eigenvalue weighted by Crippen LogP contribution is -1.93. The fraction of sp³-hybridized carbons (Fsp3) is 0.850. The van der Waals surface area contributed by atoms with Gasteiger partial charge in [0, 0.05) is 6.42 Å². The van der Waals surface area contributed by atoms with Crippen molar-refractivity contribution in [1.82, 2.24) is 0 Å². The van der Waals surface area contributed by atoms with Gasteiger partial charge in [0.05, 0.1) is 13.2 Å². The Morgan fingerprint density at radius 2 is 1.26 bits per heavy atom. The van der Waals surface area contributed by atoms with Crippen molar-refractivity contribution in [2.24, 2.45) is 0 Å². The highest BCUT2D eigenvalue weighted by atomic mass is 16.6. The highest BCUT2D eigenvalue weighted by molar-refractivity contribution is 5.66. The summed E-state index contributed by atoms with van der Waals surface area (Å²) in [6, 6.07) is 0. The van der Waals surface area contributed by atoms with Crippen LogP contribution in [-0.2, 0) is 9.53 Å². The standard InChI is InChI=1S/C18H34O2.C2H4O/c1-2-3-4-5-6-7-8-9-10-11-12-13-14-15-16-17-18(19)20;1-2-3-1/h9-10H,2-8,11-17H2,1H3,(H,19,20);1-2H2/b10-9-;. The number of hydrogen-bond donors (Lipinski definition) is 1. The number of carboxylic acids is 1. The van der Waals surface area contributed by atoms with E-state index in [9.17, 15) is 4.79 Å². The van der Waals surface area contributed by atoms with E-state index in [0.717, 1.165) is 26.1 Å². The van der Waals surface area contributed by atoms with Gasteiger partial charge >= 0.3 is 5.97 Å². The van der Waals surface area contributed by atoms with Crippen LogP contribution in [0.5, 0.6) is 0 Å². The van der Waals surface area contributed by atoms with Crippen LogP contribution < -0.4 is 0 Å². The summed E-state index contributed by atoms with van der Waals surface area (Å²) in [6.07, 6.45) is 21.2. The van der Waals surface area contributed by atoms with Crippen LogP contribution in [0, 0.1) is 0 Å². The topological polar surface area (TPSA) is 49.8 Å². The summed E-state index contributed by atoms with van der Waals surface area (Å²) in [5.74, 6) is -0.664. The molecule has 1 aliphatic rings. The van der Waals surface area contributed by atoms with Gasteiger partial charge in [0.2, 0.25) is 0 Å². The van der Waals surface area contributed by atoms with Crippen LogP contribution in [0.3, 0.4) is 0 Å². The van der Waals surface area contributed by atoms with Gasteiger partial charge in [-0.2, -0.15) is 0 Å². The Balaban J connectivity index is 0.00000143. The number of unbranched alkanes of at least 4 members (excludes halogenated alkanes) is 11. The summed E-state index contributed by atoms with van der Waals surface area (Å²) in [7, 11) is 0. The molecule has 1 fully saturated rings. The van der Waals surface area contributed by atoms with E-state index in [1.165, 1.54) is 70.6 Å². The Morgan fingerprint density at radius 1 is 0.826 bits per heavy atom. The first kappa shape index (κ1) is 22.2. The molecule has 0 aromatic carbocycles. The summed E-state index contributed by atoms with van der Waals surface area (Å²) in [5, 5.41) is 8.51. The molecule has 0 aliphatic carbocycles. The molecule has 1 heterocycles. The first-order chi connectivity index (χ1) is 11.3. The molecule has 1 N–H and O–H groups in total. The largest absolute Gasteiger partial charge is 0.481 e. The summed E-state index contributed by atoms with van der Waals surface area (Å²) < 4.78 is 4.50. The van der Waals surface area contributed by atoms with Crippen molar-refractivity contribution >= 4 is 5.97 Å². The van der Waals surface area contributed by atoms with Crippen molar-refractivity contribution in [3.8, 4) is 0 Å². The maximum Gasteiger partial charge on any atom is 0.303 e. The van der Waals surface area contributed by atoms with E-state index in [-0.39, 0.29) is 0 Å². The second kappa shape index (κ2) is 19.2. The molecule has 3 heteroatoms. The number of allylic oxidation sites excluding steroid dienone is 2. The highest BCUT2D eigenvalue weighted by Gasteiger charge is 1.96. The average Bonchev–Trinajstić information content (AvgIpc) is 3.39. The van der Waals surface area contributed by atoms with Crippen molar-refractivity contribution in [1.29, 1.82) is 0 Å². The molecule has 0 atom stereocenters. The SMILES string of the molecule is C1CO1.CCCCCCCC/C=C\CCCCCCCC(=O)O. The minimum Gasteiger partial charge on any atom is -0.481 e. The van der Waals surface area contributed by atoms with Gasteiger partial charge in [0.25, 0.3) is 0 Å². The summed E-state index contributed by atoms with van der Waals surface area (Å²) >= 11 is 0. The third-order valence-corrected chi connectivity index (χ3v) is 3.86. The fourth-order valence-corrected chi connectivity index (χ4v) is 2.35. The number of rotatable bonds is 15. The predicted octanol–water partition coefficient (Wildman–Crippen LogP) is 6.13. The van der Waals surface area contributed by atoms with Gasteiger partial charge in [-0.05, 0) is 32.1 Å². The number of hydrogen-bond acceptors (Lipinski definition) is 2. The van der Waals surface area contributed by atoms with Crippen molar-refractivity contribution in [3.05, 3.63) is 12.2 Å². The molecule has 0 aromatic rings. The lowest BCUT2D eigenvalue weighted by atomic mass is 10.1. The quantitative estimate of drug-likeness (QED) is 0.224. The van der Waals surface area contributed by atoms with E-state index in [1.807, 2.05) is 0 Å². The van der Waals surface area contributed by atoms with Crippen LogP contribution in [0.4, 0.5) is 0 Å². The Bertz CT molecular complexity index is 269. The number of carboxylic acid groups (broad SMARTS) is 1. The normalized spacial score (nSPS) is 12.9. The van der Waals surface area contributed by atoms with Gasteiger partial charge in [-0.3, -0.25) is 4.79 Å². The van der Waals surface area contributed by atoms with Crippen molar-refractivity contribution in [2.45, 2.75) is 96.8 Å². The van der Waals surface area contributed by atoms with E-state index < -0.39 is 5.97 Å². The first-order valence-electron chi connectivity index (χ1n) is 9.72. The number of ether oxygens (including phenoxy) is 1. The molecule has 0 spiro atoms. The van der Waals surface area contributed by atoms with Crippen molar-refractivity contribution < 1.29 is 14.6 Å². The second-order valence-electron chi connectivity index (χ2n) is 6.34. The number of epoxide rings is 1. The molecule has 1 aliphatic heterocycles. The Labute approximate surface area is 143 Å². The van der Waals surface area contributed by atoms with Crippen LogP contribution in [-0.4, -0.2) is 24.3 Å². The Morgan fingerprint density at radius 3 is 1.70 bits per heavy atom. The van der Waals surface area contributed by atoms with E-state index in [1.54, 1.807) is 0 Å². The lowest BCUT2D eigenvalue weighted by molar-refractivity contribution is -0.137. The molecule has 1 rings (SSSR count). The van der Waals surface area contributed by atoms with Gasteiger partial charge in [0.15, 0.2) is 0 Å². The third kappa shape index (κ3) is 26.4. The van der Waals surface area contributed by atoms with Crippen LogP contribution in [0.1, 0.15) is 96.8 Å². The molecule has 23 heavy (non-hydrogen) atoms. The molecule has 0 bridgehead atoms. The zero-order valence-corrected chi connectivity index (χ0v) is 15.2. The average molecular weight is 327 g/mol. The number of carbonyl (C=O) groups is 1. The molecular weight excluding hydrogens is 288 g/mol. The first-order valence-corrected chi connectivity index (χ1v) is 9.72. The zero-order chi connectivity index (χ0) is 17.0. The molecule has 0 unspecified atom stereocenters. The third-order valence-electron chi connectivity index (χ3n) is 3.86. The van der Waals surface area contributed by atoms with E-state index in [4.69, 9.17) is 5.11 Å². The van der Waals surface area contributed by atoms with Crippen molar-refractivity contribution in [3.63, 3.8) is 0 Å². The van der Waals surface area contributed by atoms with Gasteiger partial charge in [0.1, 0.15) is 0 Å². The Hall–Kier alpha value is -0.830. The summed E-state index contributed by atoms with van der Waals surface area (Å²) in [6.45, 7) is 4.26. The van der Waals surface area contributed by atoms with Gasteiger partial charge in [-0.25, -0.2) is 0 Å². The minimum atomic E-state index is -0.664. The smallest absolute Gasteiger partial charge is 0.303 e. The molecule has 0 amide bonds. The lowest BCUT2D eigenvalue weighted by Gasteiger charge is -1.99. The highest BCUT2D eigenvalue weighted by Crippen LogP contribution is 2.09.